The molecule has 13 heteroatoms. The number of hydrogen-bond donors (Lipinski definition) is 1. The van der Waals surface area contributed by atoms with Crippen LogP contribution >= 0.6 is 11.3 Å². The average molecular weight is 632 g/mol. The monoisotopic (exact) mass is 631 g/mol. The molecule has 9 nitrogen and oxygen atoms in total. The molecule has 234 valence electrons. The van der Waals surface area contributed by atoms with E-state index in [0.717, 1.165) is 93.2 Å². The maximum absolute atomic E-state index is 13.9. The molecule has 2 aliphatic heterocycles. The molecule has 0 spiro atoms. The van der Waals surface area contributed by atoms with Crippen LogP contribution in [-0.2, 0) is 10.2 Å². The van der Waals surface area contributed by atoms with Gasteiger partial charge in [-0.15, -0.1) is 13.2 Å². The van der Waals surface area contributed by atoms with E-state index in [1.165, 1.54) is 6.07 Å². The first-order valence-corrected chi connectivity index (χ1v) is 16.3. The van der Waals surface area contributed by atoms with E-state index in [2.05, 4.69) is 19.8 Å². The molecule has 4 saturated carbocycles. The molecule has 4 bridgehead atoms. The van der Waals surface area contributed by atoms with Gasteiger partial charge in [0, 0.05) is 36.3 Å². The Morgan fingerprint density at radius 3 is 2.32 bits per heavy atom. The minimum absolute atomic E-state index is 0.0184. The highest BCUT2D eigenvalue weighted by Crippen LogP contribution is 2.54. The van der Waals surface area contributed by atoms with Gasteiger partial charge in [-0.25, -0.2) is 14.6 Å². The third-order valence-electron chi connectivity index (χ3n) is 10.6. The normalized spacial score (nSPS) is 29.8. The third kappa shape index (κ3) is 4.82. The van der Waals surface area contributed by atoms with E-state index in [1.54, 1.807) is 0 Å². The predicted molar refractivity (Wildman–Crippen MR) is 152 cm³/mol. The Labute approximate surface area is 254 Å². The molecule has 2 saturated heterocycles. The van der Waals surface area contributed by atoms with Crippen molar-refractivity contribution in [2.75, 3.05) is 4.90 Å². The Morgan fingerprint density at radius 1 is 1.02 bits per heavy atom. The molecule has 3 aromatic rings. The fourth-order valence-electron chi connectivity index (χ4n) is 8.26. The molecule has 2 unspecified atom stereocenters. The first kappa shape index (κ1) is 28.1. The number of anilines is 1. The summed E-state index contributed by atoms with van der Waals surface area (Å²) in [5, 5.41) is 14.5. The number of carboxylic acids is 1. The summed E-state index contributed by atoms with van der Waals surface area (Å²) >= 11 is 1.15. The van der Waals surface area contributed by atoms with Crippen LogP contribution in [0.15, 0.2) is 16.7 Å². The SMILES string of the molecule is O=C(O)c1cc(OC(F)(F)F)c2nc(N3C4CCC3CC(OC(=O)c3c(C56CCC(CC5)CC6)noc3C3CC3)C4)sc2c1. The van der Waals surface area contributed by atoms with Crippen molar-refractivity contribution in [2.45, 2.75) is 113 Å². The van der Waals surface area contributed by atoms with Gasteiger partial charge >= 0.3 is 18.3 Å². The van der Waals surface area contributed by atoms with Gasteiger partial charge in [-0.3, -0.25) is 0 Å². The first-order chi connectivity index (χ1) is 21.1. The molecule has 1 aromatic carbocycles. The van der Waals surface area contributed by atoms with Crippen molar-refractivity contribution in [1.82, 2.24) is 10.1 Å². The van der Waals surface area contributed by atoms with Crippen molar-refractivity contribution in [2.24, 2.45) is 5.92 Å². The maximum Gasteiger partial charge on any atom is 0.573 e. The molecule has 1 N–H and O–H groups in total. The lowest BCUT2D eigenvalue weighted by Crippen LogP contribution is -2.46. The number of benzene rings is 1. The van der Waals surface area contributed by atoms with Gasteiger partial charge in [0.25, 0.3) is 0 Å². The van der Waals surface area contributed by atoms with Gasteiger partial charge in [0.05, 0.1) is 10.3 Å². The van der Waals surface area contributed by atoms with Gasteiger partial charge in [0.15, 0.2) is 16.6 Å². The zero-order valence-electron chi connectivity index (χ0n) is 23.9. The van der Waals surface area contributed by atoms with Crippen LogP contribution in [-0.4, -0.2) is 51.7 Å². The molecule has 0 radical (unpaired) electrons. The lowest BCUT2D eigenvalue weighted by Gasteiger charge is -2.45. The number of ether oxygens (including phenoxy) is 2. The summed E-state index contributed by atoms with van der Waals surface area (Å²) < 4.78 is 56.0. The summed E-state index contributed by atoms with van der Waals surface area (Å²) in [7, 11) is 0. The van der Waals surface area contributed by atoms with E-state index in [9.17, 15) is 27.9 Å². The van der Waals surface area contributed by atoms with Gasteiger partial charge < -0.3 is 24.0 Å². The number of carbonyl (C=O) groups excluding carboxylic acids is 1. The fraction of sp³-hybridized carbons (Fsp3) is 0.613. The molecule has 9 rings (SSSR count). The van der Waals surface area contributed by atoms with Crippen LogP contribution < -0.4 is 9.64 Å². The fourth-order valence-corrected chi connectivity index (χ4v) is 9.43. The summed E-state index contributed by atoms with van der Waals surface area (Å²) in [6.07, 6.45) is 6.03. The van der Waals surface area contributed by atoms with Crippen LogP contribution in [0.4, 0.5) is 18.3 Å². The number of hydrogen-bond acceptors (Lipinski definition) is 9. The highest BCUT2D eigenvalue weighted by molar-refractivity contribution is 7.22. The van der Waals surface area contributed by atoms with Crippen LogP contribution in [0.3, 0.4) is 0 Å². The molecular formula is C31H32F3N3O6S. The smallest absolute Gasteiger partial charge is 0.478 e. The lowest BCUT2D eigenvalue weighted by atomic mass is 9.59. The molecule has 2 aromatic heterocycles. The number of halogens is 3. The Bertz CT molecular complexity index is 1610. The number of carbonyl (C=O) groups is 2. The lowest BCUT2D eigenvalue weighted by molar-refractivity contribution is -0.274. The minimum atomic E-state index is -4.99. The zero-order chi connectivity index (χ0) is 30.4. The standard InChI is InChI=1S/C31H32F3N3O6S/c32-31(33,34)42-21-11-17(27(38)39)12-22-24(21)35-29(44-22)37-18-3-4-19(37)14-20(13-18)41-28(40)23-25(16-1-2-16)43-36-26(23)30-8-5-15(6-9-30)7-10-30/h11-12,15-16,18-20H,1-10,13-14H2,(H,38,39). The van der Waals surface area contributed by atoms with Gasteiger partial charge in [-0.1, -0.05) is 16.5 Å². The predicted octanol–water partition coefficient (Wildman–Crippen LogP) is 7.34. The van der Waals surface area contributed by atoms with Crippen LogP contribution in [0.5, 0.6) is 5.75 Å². The second kappa shape index (κ2) is 10.1. The number of fused-ring (bicyclic) bond motifs is 6. The maximum atomic E-state index is 13.9. The highest BCUT2D eigenvalue weighted by atomic mass is 32.1. The Balaban J connectivity index is 1.04. The van der Waals surface area contributed by atoms with Crippen molar-refractivity contribution >= 4 is 38.6 Å². The van der Waals surface area contributed by atoms with E-state index >= 15 is 0 Å². The van der Waals surface area contributed by atoms with Gasteiger partial charge in [-0.05, 0) is 82.3 Å². The number of esters is 1. The highest BCUT2D eigenvalue weighted by Gasteiger charge is 2.49. The van der Waals surface area contributed by atoms with Crippen LogP contribution in [0.1, 0.15) is 115 Å². The number of rotatable bonds is 7. The van der Waals surface area contributed by atoms with Crippen LogP contribution in [0.2, 0.25) is 0 Å². The van der Waals surface area contributed by atoms with Crippen molar-refractivity contribution in [3.05, 3.63) is 34.7 Å². The van der Waals surface area contributed by atoms with E-state index in [4.69, 9.17) is 9.26 Å². The quantitative estimate of drug-likeness (QED) is 0.268. The van der Waals surface area contributed by atoms with Crippen LogP contribution in [0.25, 0.3) is 10.2 Å². The minimum Gasteiger partial charge on any atom is -0.478 e. The summed E-state index contributed by atoms with van der Waals surface area (Å²) in [6.45, 7) is 0. The largest absolute Gasteiger partial charge is 0.573 e. The molecule has 6 aliphatic rings. The third-order valence-corrected chi connectivity index (χ3v) is 11.6. The molecule has 2 atom stereocenters. The summed E-state index contributed by atoms with van der Waals surface area (Å²) in [6, 6.07) is 2.14. The second-order valence-electron chi connectivity index (χ2n) is 13.3. The Morgan fingerprint density at radius 2 is 1.70 bits per heavy atom. The van der Waals surface area contributed by atoms with Crippen molar-refractivity contribution < 1.29 is 41.9 Å². The molecule has 0 amide bonds. The number of alkyl halides is 3. The summed E-state index contributed by atoms with van der Waals surface area (Å²) in [5.41, 5.74) is 0.920. The zero-order valence-corrected chi connectivity index (χ0v) is 24.7. The van der Waals surface area contributed by atoms with Gasteiger partial charge in [0.2, 0.25) is 0 Å². The number of carboxylic acid groups (broad SMARTS) is 1. The second-order valence-corrected chi connectivity index (χ2v) is 14.3. The van der Waals surface area contributed by atoms with Crippen molar-refractivity contribution in [3.63, 3.8) is 0 Å². The van der Waals surface area contributed by atoms with E-state index < -0.39 is 18.1 Å². The molecular weight excluding hydrogens is 599 g/mol. The summed E-state index contributed by atoms with van der Waals surface area (Å²) in [4.78, 5) is 32.1. The number of aromatic carboxylic acids is 1. The number of nitrogens with zero attached hydrogens (tertiary/aromatic N) is 3. The first-order valence-electron chi connectivity index (χ1n) is 15.5. The number of thiazole rings is 1. The molecule has 4 heterocycles. The molecule has 44 heavy (non-hydrogen) atoms. The van der Waals surface area contributed by atoms with E-state index in [-0.39, 0.29) is 46.6 Å². The van der Waals surface area contributed by atoms with Crippen molar-refractivity contribution in [1.29, 1.82) is 0 Å². The van der Waals surface area contributed by atoms with Gasteiger partial charge in [0.1, 0.15) is 22.9 Å². The summed E-state index contributed by atoms with van der Waals surface area (Å²) in [5.74, 6) is -0.653. The van der Waals surface area contributed by atoms with Gasteiger partial charge in [-0.2, -0.15) is 0 Å². The van der Waals surface area contributed by atoms with Crippen LogP contribution in [0, 0.1) is 5.92 Å². The number of piperidine rings is 1. The Kier molecular flexibility index (Phi) is 6.45. The topological polar surface area (TPSA) is 115 Å². The Hall–Kier alpha value is -3.35. The van der Waals surface area contributed by atoms with Crippen molar-refractivity contribution in [3.8, 4) is 5.75 Å². The number of aromatic nitrogens is 2. The molecule has 4 aliphatic carbocycles. The van der Waals surface area contributed by atoms with E-state index in [0.29, 0.717) is 34.0 Å². The average Bonchev–Trinajstić information content (AvgIpc) is 3.46. The van der Waals surface area contributed by atoms with E-state index in [1.807, 2.05) is 0 Å². The molecule has 6 fully saturated rings.